The monoisotopic (exact) mass is 462 g/mol. The zero-order valence-electron chi connectivity index (χ0n) is 19.6. The number of hydrogen-bond acceptors (Lipinski definition) is 2. The number of para-hydroxylation sites is 3. The van der Waals surface area contributed by atoms with Gasteiger partial charge in [-0.25, -0.2) is 0 Å². The van der Waals surface area contributed by atoms with Crippen molar-refractivity contribution in [3.63, 3.8) is 0 Å². The second-order valence-corrected chi connectivity index (χ2v) is 10.2. The SMILES string of the molecule is c1ccc2c(c1)CC1Cc3cc(-n4c5ccccc5c5c6oc7ccccc7c6ccc54)ccc3N21. The summed E-state index contributed by atoms with van der Waals surface area (Å²) in [5, 5.41) is 4.76. The van der Waals surface area contributed by atoms with E-state index in [9.17, 15) is 0 Å². The molecule has 5 aromatic carbocycles. The Morgan fingerprint density at radius 1 is 0.611 bits per heavy atom. The fourth-order valence-electron chi connectivity index (χ4n) is 6.83. The predicted molar refractivity (Wildman–Crippen MR) is 148 cm³/mol. The van der Waals surface area contributed by atoms with Gasteiger partial charge in [-0.2, -0.15) is 0 Å². The van der Waals surface area contributed by atoms with Crippen LogP contribution in [0.2, 0.25) is 0 Å². The van der Waals surface area contributed by atoms with Crippen LogP contribution >= 0.6 is 0 Å². The van der Waals surface area contributed by atoms with Gasteiger partial charge in [-0.3, -0.25) is 0 Å². The van der Waals surface area contributed by atoms with Gasteiger partial charge < -0.3 is 13.9 Å². The van der Waals surface area contributed by atoms with E-state index in [-0.39, 0.29) is 0 Å². The number of anilines is 2. The standard InChI is InChI=1S/C33H22N2O/c1-4-10-27-20(7-1)17-23-19-21-18-22(13-15-28(21)35(23)27)34-29-11-5-2-9-26(29)32-30(34)16-14-25-24-8-3-6-12-31(24)36-33(25)32/h1-16,18,23H,17,19H2. The van der Waals surface area contributed by atoms with E-state index in [0.717, 1.165) is 24.0 Å². The number of rotatable bonds is 1. The minimum atomic E-state index is 0.529. The van der Waals surface area contributed by atoms with Gasteiger partial charge in [0.1, 0.15) is 11.2 Å². The minimum absolute atomic E-state index is 0.529. The zero-order chi connectivity index (χ0) is 23.4. The van der Waals surface area contributed by atoms with Crippen molar-refractivity contribution in [2.45, 2.75) is 18.9 Å². The summed E-state index contributed by atoms with van der Waals surface area (Å²) in [6.07, 6.45) is 2.21. The lowest BCUT2D eigenvalue weighted by Crippen LogP contribution is -2.22. The van der Waals surface area contributed by atoms with Gasteiger partial charge in [0, 0.05) is 39.3 Å². The van der Waals surface area contributed by atoms with Crippen molar-refractivity contribution in [2.24, 2.45) is 0 Å². The van der Waals surface area contributed by atoms with Gasteiger partial charge in [0.05, 0.1) is 16.4 Å². The van der Waals surface area contributed by atoms with Crippen molar-refractivity contribution < 1.29 is 4.42 Å². The Hall–Kier alpha value is -4.50. The Balaban J connectivity index is 1.30. The molecular formula is C33H22N2O. The summed E-state index contributed by atoms with van der Waals surface area (Å²) in [7, 11) is 0. The van der Waals surface area contributed by atoms with Gasteiger partial charge in [0.25, 0.3) is 0 Å². The maximum atomic E-state index is 6.46. The van der Waals surface area contributed by atoms with Crippen LogP contribution in [0.15, 0.2) is 108 Å². The van der Waals surface area contributed by atoms with Crippen LogP contribution < -0.4 is 4.90 Å². The molecule has 0 fully saturated rings. The van der Waals surface area contributed by atoms with E-state index in [1.807, 2.05) is 6.07 Å². The lowest BCUT2D eigenvalue weighted by Gasteiger charge is -2.20. The Kier molecular flexibility index (Phi) is 3.43. The van der Waals surface area contributed by atoms with Gasteiger partial charge in [-0.05, 0) is 72.5 Å². The molecule has 0 bridgehead atoms. The largest absolute Gasteiger partial charge is 0.455 e. The number of nitrogens with zero attached hydrogens (tertiary/aromatic N) is 2. The highest BCUT2D eigenvalue weighted by Gasteiger charge is 2.37. The summed E-state index contributed by atoms with van der Waals surface area (Å²) in [5.74, 6) is 0. The van der Waals surface area contributed by atoms with Gasteiger partial charge >= 0.3 is 0 Å². The van der Waals surface area contributed by atoms with Crippen molar-refractivity contribution in [2.75, 3.05) is 4.90 Å². The molecule has 3 heteroatoms. The first-order valence-corrected chi connectivity index (χ1v) is 12.7. The second kappa shape index (κ2) is 6.58. The van der Waals surface area contributed by atoms with E-state index in [1.54, 1.807) is 0 Å². The smallest absolute Gasteiger partial charge is 0.145 e. The first kappa shape index (κ1) is 18.8. The van der Waals surface area contributed by atoms with Crippen molar-refractivity contribution >= 4 is 55.1 Å². The van der Waals surface area contributed by atoms with Crippen LogP contribution in [0.25, 0.3) is 49.4 Å². The summed E-state index contributed by atoms with van der Waals surface area (Å²) in [6.45, 7) is 0. The molecule has 36 heavy (non-hydrogen) atoms. The lowest BCUT2D eigenvalue weighted by atomic mass is 10.0. The predicted octanol–water partition coefficient (Wildman–Crippen LogP) is 8.30. The van der Waals surface area contributed by atoms with Crippen molar-refractivity contribution in [3.8, 4) is 5.69 Å². The summed E-state index contributed by atoms with van der Waals surface area (Å²) in [6, 6.07) is 37.9. The molecule has 0 saturated heterocycles. The van der Waals surface area contributed by atoms with E-state index >= 15 is 0 Å². The van der Waals surface area contributed by atoms with Crippen molar-refractivity contribution in [3.05, 3.63) is 114 Å². The number of furan rings is 1. The molecule has 3 nitrogen and oxygen atoms in total. The fourth-order valence-corrected chi connectivity index (χ4v) is 6.83. The minimum Gasteiger partial charge on any atom is -0.455 e. The molecule has 170 valence electrons. The molecule has 0 aliphatic carbocycles. The van der Waals surface area contributed by atoms with Crippen LogP contribution in [0, 0.1) is 0 Å². The molecule has 2 aliphatic heterocycles. The first-order chi connectivity index (χ1) is 17.8. The molecule has 2 aliphatic rings. The number of fused-ring (bicyclic) bond motifs is 12. The third-order valence-electron chi connectivity index (χ3n) is 8.29. The van der Waals surface area contributed by atoms with Gasteiger partial charge in [0.15, 0.2) is 0 Å². The third kappa shape index (κ3) is 2.28. The molecule has 4 heterocycles. The van der Waals surface area contributed by atoms with E-state index < -0.39 is 0 Å². The quantitative estimate of drug-likeness (QED) is 0.245. The zero-order valence-corrected chi connectivity index (χ0v) is 19.6. The fraction of sp³-hybridized carbons (Fsp3) is 0.0909. The van der Waals surface area contributed by atoms with Crippen molar-refractivity contribution in [1.29, 1.82) is 0 Å². The molecule has 0 saturated carbocycles. The molecule has 0 spiro atoms. The molecule has 1 atom stereocenters. The van der Waals surface area contributed by atoms with Gasteiger partial charge in [0.2, 0.25) is 0 Å². The Morgan fingerprint density at radius 3 is 2.36 bits per heavy atom. The normalized spacial score (nSPS) is 16.3. The van der Waals surface area contributed by atoms with Crippen LogP contribution in [0.4, 0.5) is 11.4 Å². The lowest BCUT2D eigenvalue weighted by molar-refractivity contribution is 0.673. The third-order valence-corrected chi connectivity index (χ3v) is 8.29. The Bertz CT molecular complexity index is 2030. The van der Waals surface area contributed by atoms with Crippen molar-refractivity contribution in [1.82, 2.24) is 4.57 Å². The average molecular weight is 463 g/mol. The van der Waals surface area contributed by atoms with E-state index in [0.29, 0.717) is 6.04 Å². The molecule has 1 unspecified atom stereocenters. The highest BCUT2D eigenvalue weighted by atomic mass is 16.3. The molecule has 2 aromatic heterocycles. The molecular weight excluding hydrogens is 440 g/mol. The summed E-state index contributed by atoms with van der Waals surface area (Å²) in [4.78, 5) is 2.55. The summed E-state index contributed by atoms with van der Waals surface area (Å²) < 4.78 is 8.87. The van der Waals surface area contributed by atoms with E-state index in [1.165, 1.54) is 60.8 Å². The van der Waals surface area contributed by atoms with Crippen LogP contribution in [-0.4, -0.2) is 10.6 Å². The molecule has 0 radical (unpaired) electrons. The second-order valence-electron chi connectivity index (χ2n) is 10.2. The Labute approximate surface area is 207 Å². The van der Waals surface area contributed by atoms with Gasteiger partial charge in [-0.15, -0.1) is 0 Å². The average Bonchev–Trinajstić information content (AvgIpc) is 3.65. The molecule has 0 amide bonds. The first-order valence-electron chi connectivity index (χ1n) is 12.7. The maximum Gasteiger partial charge on any atom is 0.145 e. The molecule has 9 rings (SSSR count). The maximum absolute atomic E-state index is 6.46. The summed E-state index contributed by atoms with van der Waals surface area (Å²) in [5.41, 5.74) is 11.2. The summed E-state index contributed by atoms with van der Waals surface area (Å²) >= 11 is 0. The van der Waals surface area contributed by atoms with E-state index in [2.05, 4.69) is 107 Å². The van der Waals surface area contributed by atoms with Crippen LogP contribution in [0.5, 0.6) is 0 Å². The highest BCUT2D eigenvalue weighted by molar-refractivity contribution is 6.23. The molecule has 7 aromatic rings. The van der Waals surface area contributed by atoms with Crippen LogP contribution in [-0.2, 0) is 12.8 Å². The van der Waals surface area contributed by atoms with Crippen LogP contribution in [0.3, 0.4) is 0 Å². The topological polar surface area (TPSA) is 21.3 Å². The number of hydrogen-bond donors (Lipinski definition) is 0. The number of benzene rings is 5. The van der Waals surface area contributed by atoms with E-state index in [4.69, 9.17) is 4.42 Å². The highest BCUT2D eigenvalue weighted by Crippen LogP contribution is 2.47. The van der Waals surface area contributed by atoms with Gasteiger partial charge in [-0.1, -0.05) is 54.6 Å². The number of aromatic nitrogens is 1. The molecule has 0 N–H and O–H groups in total. The van der Waals surface area contributed by atoms with Crippen LogP contribution in [0.1, 0.15) is 11.1 Å². The Morgan fingerprint density at radius 2 is 1.39 bits per heavy atom.